The molecule has 5 nitrogen and oxygen atoms in total. The van der Waals surface area contributed by atoms with Gasteiger partial charge in [-0.25, -0.2) is 4.98 Å². The van der Waals surface area contributed by atoms with Crippen molar-refractivity contribution in [3.05, 3.63) is 83.9 Å². The van der Waals surface area contributed by atoms with Gasteiger partial charge in [0.2, 0.25) is 0 Å². The Morgan fingerprint density at radius 2 is 1.79 bits per heavy atom. The Hall–Kier alpha value is -3.60. The summed E-state index contributed by atoms with van der Waals surface area (Å²) in [5, 5.41) is 9.10. The highest BCUT2D eigenvalue weighted by Gasteiger charge is 2.15. The normalized spacial score (nSPS) is 10.9. The molecular weight excluding hydrogens is 352 g/mol. The Kier molecular flexibility index (Phi) is 4.81. The Bertz CT molecular complexity index is 1130. The van der Waals surface area contributed by atoms with Crippen molar-refractivity contribution in [2.75, 3.05) is 7.11 Å². The van der Waals surface area contributed by atoms with Crippen LogP contribution in [0, 0.1) is 0 Å². The first kappa shape index (κ1) is 17.8. The van der Waals surface area contributed by atoms with Crippen LogP contribution in [0.5, 0.6) is 5.75 Å². The zero-order valence-electron chi connectivity index (χ0n) is 15.5. The van der Waals surface area contributed by atoms with Gasteiger partial charge in [-0.15, -0.1) is 0 Å². The number of benzene rings is 3. The van der Waals surface area contributed by atoms with Gasteiger partial charge in [0.1, 0.15) is 11.6 Å². The maximum atomic E-state index is 11.1. The van der Waals surface area contributed by atoms with Crippen LogP contribution in [0.1, 0.15) is 11.1 Å². The number of nitrogens with zero attached hydrogens (tertiary/aromatic N) is 2. The van der Waals surface area contributed by atoms with Gasteiger partial charge in [0.05, 0.1) is 24.6 Å². The summed E-state index contributed by atoms with van der Waals surface area (Å²) >= 11 is 0. The Labute approximate surface area is 162 Å². The van der Waals surface area contributed by atoms with E-state index >= 15 is 0 Å². The minimum Gasteiger partial charge on any atom is -0.496 e. The van der Waals surface area contributed by atoms with E-state index in [9.17, 15) is 4.79 Å². The van der Waals surface area contributed by atoms with Crippen molar-refractivity contribution in [1.29, 1.82) is 0 Å². The number of fused-ring (bicyclic) bond motifs is 1. The Morgan fingerprint density at radius 1 is 1.04 bits per heavy atom. The second-order valence-electron chi connectivity index (χ2n) is 6.59. The molecule has 1 N–H and O–H groups in total. The van der Waals surface area contributed by atoms with Crippen LogP contribution in [0.2, 0.25) is 0 Å². The summed E-state index contributed by atoms with van der Waals surface area (Å²) in [6.45, 7) is 0.690. The molecule has 0 bridgehead atoms. The zero-order chi connectivity index (χ0) is 19.5. The molecular formula is C23H20N2O3. The molecule has 0 aliphatic heterocycles. The molecule has 0 saturated carbocycles. The molecule has 0 atom stereocenters. The second kappa shape index (κ2) is 7.56. The summed E-state index contributed by atoms with van der Waals surface area (Å²) in [6, 6.07) is 23.8. The summed E-state index contributed by atoms with van der Waals surface area (Å²) in [4.78, 5) is 15.9. The van der Waals surface area contributed by atoms with E-state index < -0.39 is 5.97 Å². The number of para-hydroxylation sites is 2. The molecule has 4 aromatic rings. The molecule has 0 unspecified atom stereocenters. The van der Waals surface area contributed by atoms with Crippen molar-refractivity contribution >= 4 is 17.0 Å². The monoisotopic (exact) mass is 372 g/mol. The molecule has 0 aliphatic carbocycles. The predicted molar refractivity (Wildman–Crippen MR) is 109 cm³/mol. The van der Waals surface area contributed by atoms with E-state index in [1.165, 1.54) is 5.56 Å². The van der Waals surface area contributed by atoms with Crippen LogP contribution < -0.4 is 4.74 Å². The Morgan fingerprint density at radius 3 is 2.54 bits per heavy atom. The first-order valence-corrected chi connectivity index (χ1v) is 9.04. The fraction of sp³-hybridized carbons (Fsp3) is 0.130. The number of carbonyl (C=O) groups is 1. The topological polar surface area (TPSA) is 64.4 Å². The second-order valence-corrected chi connectivity index (χ2v) is 6.59. The first-order chi connectivity index (χ1) is 13.7. The Balaban J connectivity index is 1.84. The minimum atomic E-state index is -0.887. The minimum absolute atomic E-state index is 0.0795. The summed E-state index contributed by atoms with van der Waals surface area (Å²) in [6.07, 6.45) is -0.0795. The van der Waals surface area contributed by atoms with E-state index in [1.54, 1.807) is 13.2 Å². The lowest BCUT2D eigenvalue weighted by molar-refractivity contribution is -0.136. The van der Waals surface area contributed by atoms with Crippen molar-refractivity contribution < 1.29 is 14.6 Å². The SMILES string of the molecule is COc1cc(-c2nc3ccccc3n2Cc2ccccc2)ccc1CC(=O)O. The number of imidazole rings is 1. The number of methoxy groups -OCH3 is 1. The third-order valence-corrected chi connectivity index (χ3v) is 4.73. The number of carboxylic acids is 1. The maximum absolute atomic E-state index is 11.1. The highest BCUT2D eigenvalue weighted by atomic mass is 16.5. The van der Waals surface area contributed by atoms with Crippen molar-refractivity contribution in [2.45, 2.75) is 13.0 Å². The average molecular weight is 372 g/mol. The lowest BCUT2D eigenvalue weighted by Crippen LogP contribution is -2.04. The number of hydrogen-bond acceptors (Lipinski definition) is 3. The van der Waals surface area contributed by atoms with Crippen molar-refractivity contribution in [3.8, 4) is 17.1 Å². The smallest absolute Gasteiger partial charge is 0.307 e. The van der Waals surface area contributed by atoms with Crippen LogP contribution in [0.25, 0.3) is 22.4 Å². The van der Waals surface area contributed by atoms with Gasteiger partial charge in [-0.05, 0) is 23.8 Å². The molecule has 1 aromatic heterocycles. The average Bonchev–Trinajstić information content (AvgIpc) is 3.07. The van der Waals surface area contributed by atoms with Crippen LogP contribution in [-0.4, -0.2) is 27.7 Å². The predicted octanol–water partition coefficient (Wildman–Crippen LogP) is 4.39. The molecule has 0 spiro atoms. The third kappa shape index (κ3) is 3.47. The van der Waals surface area contributed by atoms with Crippen LogP contribution in [0.4, 0.5) is 0 Å². The van der Waals surface area contributed by atoms with Gasteiger partial charge in [-0.1, -0.05) is 54.6 Å². The van der Waals surface area contributed by atoms with Gasteiger partial charge in [-0.3, -0.25) is 4.79 Å². The standard InChI is InChI=1S/C23H20N2O3/c1-28-21-13-18(12-11-17(21)14-22(26)27)23-24-19-9-5-6-10-20(19)25(23)15-16-7-3-2-4-8-16/h2-13H,14-15H2,1H3,(H,26,27). The van der Waals surface area contributed by atoms with Crippen LogP contribution in [0.15, 0.2) is 72.8 Å². The highest BCUT2D eigenvalue weighted by Crippen LogP contribution is 2.30. The van der Waals surface area contributed by atoms with Gasteiger partial charge in [0.15, 0.2) is 0 Å². The number of aliphatic carboxylic acids is 1. The zero-order valence-corrected chi connectivity index (χ0v) is 15.5. The quantitative estimate of drug-likeness (QED) is 0.545. The van der Waals surface area contributed by atoms with E-state index in [0.717, 1.165) is 22.4 Å². The van der Waals surface area contributed by atoms with E-state index in [2.05, 4.69) is 22.8 Å². The number of ether oxygens (including phenoxy) is 1. The number of rotatable bonds is 6. The van der Waals surface area contributed by atoms with E-state index in [0.29, 0.717) is 17.9 Å². The van der Waals surface area contributed by atoms with Gasteiger partial charge in [-0.2, -0.15) is 0 Å². The maximum Gasteiger partial charge on any atom is 0.307 e. The molecule has 5 heteroatoms. The molecule has 28 heavy (non-hydrogen) atoms. The molecule has 0 aliphatic rings. The molecule has 0 saturated heterocycles. The van der Waals surface area contributed by atoms with Crippen molar-refractivity contribution in [3.63, 3.8) is 0 Å². The van der Waals surface area contributed by atoms with Crippen LogP contribution >= 0.6 is 0 Å². The summed E-state index contributed by atoms with van der Waals surface area (Å²) in [7, 11) is 1.55. The van der Waals surface area contributed by atoms with Crippen molar-refractivity contribution in [1.82, 2.24) is 9.55 Å². The molecule has 3 aromatic carbocycles. The van der Waals surface area contributed by atoms with Crippen LogP contribution in [0.3, 0.4) is 0 Å². The fourth-order valence-corrected chi connectivity index (χ4v) is 3.41. The number of hydrogen-bond donors (Lipinski definition) is 1. The molecule has 0 radical (unpaired) electrons. The fourth-order valence-electron chi connectivity index (χ4n) is 3.41. The largest absolute Gasteiger partial charge is 0.496 e. The summed E-state index contributed by atoms with van der Waals surface area (Å²) in [5.74, 6) is 0.491. The van der Waals surface area contributed by atoms with E-state index in [-0.39, 0.29) is 6.42 Å². The van der Waals surface area contributed by atoms with E-state index in [4.69, 9.17) is 14.8 Å². The molecule has 0 amide bonds. The van der Waals surface area contributed by atoms with E-state index in [1.807, 2.05) is 48.5 Å². The summed E-state index contributed by atoms with van der Waals surface area (Å²) < 4.78 is 7.62. The van der Waals surface area contributed by atoms with Crippen molar-refractivity contribution in [2.24, 2.45) is 0 Å². The molecule has 1 heterocycles. The van der Waals surface area contributed by atoms with Crippen LogP contribution in [-0.2, 0) is 17.8 Å². The van der Waals surface area contributed by atoms with Gasteiger partial charge in [0.25, 0.3) is 0 Å². The van der Waals surface area contributed by atoms with Gasteiger partial charge < -0.3 is 14.4 Å². The van der Waals surface area contributed by atoms with Gasteiger partial charge in [0, 0.05) is 17.7 Å². The number of aromatic nitrogens is 2. The lowest BCUT2D eigenvalue weighted by atomic mass is 10.1. The first-order valence-electron chi connectivity index (χ1n) is 9.04. The van der Waals surface area contributed by atoms with Gasteiger partial charge >= 0.3 is 5.97 Å². The molecule has 140 valence electrons. The highest BCUT2D eigenvalue weighted by molar-refractivity contribution is 5.81. The number of carboxylic acid groups (broad SMARTS) is 1. The third-order valence-electron chi connectivity index (χ3n) is 4.73. The molecule has 0 fully saturated rings. The molecule has 4 rings (SSSR count). The lowest BCUT2D eigenvalue weighted by Gasteiger charge is -2.12. The summed E-state index contributed by atoms with van der Waals surface area (Å²) in [5.41, 5.74) is 4.68.